The molecule has 0 aromatic carbocycles. The highest BCUT2D eigenvalue weighted by Crippen LogP contribution is 2.28. The van der Waals surface area contributed by atoms with E-state index in [0.29, 0.717) is 13.0 Å². The highest BCUT2D eigenvalue weighted by Gasteiger charge is 2.38. The highest BCUT2D eigenvalue weighted by molar-refractivity contribution is 5.72. The fourth-order valence-corrected chi connectivity index (χ4v) is 1.69. The molecule has 1 fully saturated rings. The molecule has 0 radical (unpaired) electrons. The third-order valence-corrected chi connectivity index (χ3v) is 2.53. The minimum Gasteiger partial charge on any atom is -0.355 e. The van der Waals surface area contributed by atoms with Crippen molar-refractivity contribution in [3.8, 4) is 0 Å². The molecule has 0 aromatic rings. The van der Waals surface area contributed by atoms with Gasteiger partial charge in [0.25, 0.3) is 5.92 Å². The van der Waals surface area contributed by atoms with Crippen LogP contribution >= 0.6 is 0 Å². The topological polar surface area (TPSA) is 32.3 Å². The number of halogens is 2. The van der Waals surface area contributed by atoms with Gasteiger partial charge >= 0.3 is 0 Å². The van der Waals surface area contributed by atoms with Crippen LogP contribution in [0.5, 0.6) is 0 Å². The lowest BCUT2D eigenvalue weighted by molar-refractivity contribution is -0.119. The van der Waals surface area contributed by atoms with Gasteiger partial charge in [0.15, 0.2) is 0 Å². The van der Waals surface area contributed by atoms with Crippen molar-refractivity contribution in [2.75, 3.05) is 20.1 Å². The largest absolute Gasteiger partial charge is 0.355 e. The van der Waals surface area contributed by atoms with Crippen molar-refractivity contribution in [2.45, 2.75) is 31.7 Å². The number of alkyl halides is 2. The van der Waals surface area contributed by atoms with Crippen molar-refractivity contribution in [3.63, 3.8) is 0 Å². The third-order valence-electron chi connectivity index (χ3n) is 2.53. The average Bonchev–Trinajstić information content (AvgIpc) is 2.00. The van der Waals surface area contributed by atoms with E-state index < -0.39 is 5.92 Å². The van der Waals surface area contributed by atoms with Gasteiger partial charge in [-0.15, -0.1) is 0 Å². The molecule has 1 amide bonds. The number of likely N-dealkylation sites (N-methyl/N-ethyl adjacent to an activating group) is 1. The summed E-state index contributed by atoms with van der Waals surface area (Å²) in [4.78, 5) is 12.3. The molecule has 0 aliphatic carbocycles. The SMILES string of the molecule is CC(=O)NCC1CCC(F)(F)CN1C. The predicted octanol–water partition coefficient (Wildman–Crippen LogP) is 0.852. The first kappa shape index (κ1) is 11.4. The molecule has 1 atom stereocenters. The molecule has 1 aliphatic rings. The van der Waals surface area contributed by atoms with Gasteiger partial charge in [-0.2, -0.15) is 0 Å². The van der Waals surface area contributed by atoms with E-state index >= 15 is 0 Å². The molecule has 82 valence electrons. The molecule has 1 N–H and O–H groups in total. The zero-order valence-electron chi connectivity index (χ0n) is 8.52. The van der Waals surface area contributed by atoms with Gasteiger partial charge in [0.05, 0.1) is 6.54 Å². The maximum atomic E-state index is 12.9. The second-order valence-electron chi connectivity index (χ2n) is 3.90. The molecule has 1 heterocycles. The quantitative estimate of drug-likeness (QED) is 0.726. The number of amides is 1. The average molecular weight is 206 g/mol. The first-order valence-corrected chi connectivity index (χ1v) is 4.73. The van der Waals surface area contributed by atoms with Crippen LogP contribution in [0.1, 0.15) is 19.8 Å². The molecule has 0 aromatic heterocycles. The Hall–Kier alpha value is -0.710. The van der Waals surface area contributed by atoms with Crippen LogP contribution in [0.4, 0.5) is 8.78 Å². The fourth-order valence-electron chi connectivity index (χ4n) is 1.69. The van der Waals surface area contributed by atoms with Gasteiger partial charge in [-0.1, -0.05) is 0 Å². The van der Waals surface area contributed by atoms with E-state index in [1.807, 2.05) is 0 Å². The van der Waals surface area contributed by atoms with E-state index in [9.17, 15) is 13.6 Å². The summed E-state index contributed by atoms with van der Waals surface area (Å²) in [5.41, 5.74) is 0. The molecule has 3 nitrogen and oxygen atoms in total. The summed E-state index contributed by atoms with van der Waals surface area (Å²) < 4.78 is 25.8. The number of hydrogen-bond donors (Lipinski definition) is 1. The van der Waals surface area contributed by atoms with E-state index in [1.165, 1.54) is 6.92 Å². The number of nitrogens with zero attached hydrogens (tertiary/aromatic N) is 1. The molecule has 1 aliphatic heterocycles. The lowest BCUT2D eigenvalue weighted by Crippen LogP contribution is -2.50. The number of piperidine rings is 1. The van der Waals surface area contributed by atoms with Crippen LogP contribution in [0.25, 0.3) is 0 Å². The maximum absolute atomic E-state index is 12.9. The van der Waals surface area contributed by atoms with Crippen molar-refractivity contribution >= 4 is 5.91 Å². The number of likely N-dealkylation sites (tertiary alicyclic amines) is 1. The molecule has 1 unspecified atom stereocenters. The van der Waals surface area contributed by atoms with Gasteiger partial charge < -0.3 is 5.32 Å². The van der Waals surface area contributed by atoms with E-state index in [1.54, 1.807) is 11.9 Å². The normalized spacial score (nSPS) is 27.3. The van der Waals surface area contributed by atoms with Crippen LogP contribution in [0.2, 0.25) is 0 Å². The molecule has 0 bridgehead atoms. The van der Waals surface area contributed by atoms with Crippen molar-refractivity contribution in [3.05, 3.63) is 0 Å². The lowest BCUT2D eigenvalue weighted by Gasteiger charge is -2.36. The molecule has 1 saturated heterocycles. The van der Waals surface area contributed by atoms with Gasteiger partial charge in [-0.25, -0.2) is 8.78 Å². The van der Waals surface area contributed by atoms with Crippen molar-refractivity contribution in [1.29, 1.82) is 0 Å². The third kappa shape index (κ3) is 3.21. The van der Waals surface area contributed by atoms with E-state index in [0.717, 1.165) is 0 Å². The second-order valence-corrected chi connectivity index (χ2v) is 3.90. The molecular weight excluding hydrogens is 190 g/mol. The molecule has 0 spiro atoms. The Kier molecular flexibility index (Phi) is 3.42. The fraction of sp³-hybridized carbons (Fsp3) is 0.889. The zero-order chi connectivity index (χ0) is 10.8. The first-order valence-electron chi connectivity index (χ1n) is 4.73. The van der Waals surface area contributed by atoms with Crippen LogP contribution in [0.15, 0.2) is 0 Å². The molecule has 5 heteroatoms. The van der Waals surface area contributed by atoms with Crippen LogP contribution in [-0.2, 0) is 4.79 Å². The monoisotopic (exact) mass is 206 g/mol. The summed E-state index contributed by atoms with van der Waals surface area (Å²) in [5, 5.41) is 2.65. The van der Waals surface area contributed by atoms with Crippen LogP contribution in [0.3, 0.4) is 0 Å². The van der Waals surface area contributed by atoms with Crippen molar-refractivity contribution in [1.82, 2.24) is 10.2 Å². The number of nitrogens with one attached hydrogen (secondary N) is 1. The van der Waals surface area contributed by atoms with Gasteiger partial charge in [-0.3, -0.25) is 9.69 Å². The van der Waals surface area contributed by atoms with Gasteiger partial charge in [-0.05, 0) is 13.5 Å². The summed E-state index contributed by atoms with van der Waals surface area (Å²) in [6.45, 7) is 1.68. The molecular formula is C9H16F2N2O. The first-order chi connectivity index (χ1) is 6.41. The summed E-state index contributed by atoms with van der Waals surface area (Å²) in [6, 6.07) is 0.0403. The van der Waals surface area contributed by atoms with Gasteiger partial charge in [0, 0.05) is 25.9 Å². The Morgan fingerprint density at radius 1 is 1.64 bits per heavy atom. The Morgan fingerprint density at radius 3 is 2.79 bits per heavy atom. The number of carbonyl (C=O) groups excluding carboxylic acids is 1. The number of rotatable bonds is 2. The second kappa shape index (κ2) is 4.21. The Labute approximate surface area is 82.5 Å². The molecule has 14 heavy (non-hydrogen) atoms. The van der Waals surface area contributed by atoms with Gasteiger partial charge in [0.2, 0.25) is 5.91 Å². The summed E-state index contributed by atoms with van der Waals surface area (Å²) >= 11 is 0. The van der Waals surface area contributed by atoms with E-state index in [4.69, 9.17) is 0 Å². The lowest BCUT2D eigenvalue weighted by atomic mass is 10.00. The summed E-state index contributed by atoms with van der Waals surface area (Å²) in [7, 11) is 1.67. The number of hydrogen-bond acceptors (Lipinski definition) is 2. The van der Waals surface area contributed by atoms with Crippen LogP contribution in [-0.4, -0.2) is 42.9 Å². The Morgan fingerprint density at radius 2 is 2.29 bits per heavy atom. The van der Waals surface area contributed by atoms with Crippen LogP contribution in [0, 0.1) is 0 Å². The maximum Gasteiger partial charge on any atom is 0.260 e. The smallest absolute Gasteiger partial charge is 0.260 e. The molecule has 1 rings (SSSR count). The van der Waals surface area contributed by atoms with Gasteiger partial charge in [0.1, 0.15) is 0 Å². The highest BCUT2D eigenvalue weighted by atomic mass is 19.3. The summed E-state index contributed by atoms with van der Waals surface area (Å²) in [5.74, 6) is -2.68. The molecule has 0 saturated carbocycles. The summed E-state index contributed by atoms with van der Waals surface area (Å²) in [6.07, 6.45) is 0.353. The predicted molar refractivity (Wildman–Crippen MR) is 49.3 cm³/mol. The minimum absolute atomic E-state index is 0.0403. The Balaban J connectivity index is 2.38. The van der Waals surface area contributed by atoms with Crippen LogP contribution < -0.4 is 5.32 Å². The van der Waals surface area contributed by atoms with Crippen molar-refractivity contribution < 1.29 is 13.6 Å². The van der Waals surface area contributed by atoms with E-state index in [-0.39, 0.29) is 24.9 Å². The van der Waals surface area contributed by atoms with E-state index in [2.05, 4.69) is 5.32 Å². The number of carbonyl (C=O) groups is 1. The minimum atomic E-state index is -2.57. The zero-order valence-corrected chi connectivity index (χ0v) is 8.52. The standard InChI is InChI=1S/C9H16F2N2O/c1-7(14)12-5-8-3-4-9(10,11)6-13(8)2/h8H,3-6H2,1-2H3,(H,12,14). The van der Waals surface area contributed by atoms with Crippen molar-refractivity contribution in [2.24, 2.45) is 0 Å². The Bertz CT molecular complexity index is 221.